The molecule has 0 spiro atoms. The zero-order valence-electron chi connectivity index (χ0n) is 16.7. The number of nitrogens with zero attached hydrogens (tertiary/aromatic N) is 1. The molecule has 0 N–H and O–H groups in total. The van der Waals surface area contributed by atoms with Crippen LogP contribution in [0.5, 0.6) is 0 Å². The van der Waals surface area contributed by atoms with Crippen LogP contribution in [0.2, 0.25) is 18.1 Å². The van der Waals surface area contributed by atoms with Gasteiger partial charge in [0.25, 0.3) is 0 Å². The number of rotatable bonds is 8. The first kappa shape index (κ1) is 20.8. The summed E-state index contributed by atoms with van der Waals surface area (Å²) >= 11 is 0. The van der Waals surface area contributed by atoms with Gasteiger partial charge >= 0.3 is 0 Å². The fourth-order valence-corrected chi connectivity index (χ4v) is 4.60. The lowest BCUT2D eigenvalue weighted by Gasteiger charge is -2.39. The van der Waals surface area contributed by atoms with E-state index in [0.29, 0.717) is 26.2 Å². The number of amides is 1. The number of methoxy groups -OCH3 is 1. The van der Waals surface area contributed by atoms with Gasteiger partial charge in [0.1, 0.15) is 12.9 Å². The maximum absolute atomic E-state index is 12.3. The molecule has 2 heterocycles. The third-order valence-corrected chi connectivity index (χ3v) is 10.3. The first-order chi connectivity index (χ1) is 11.7. The molecule has 146 valence electrons. The molecular formula is C18H35NO5Si. The van der Waals surface area contributed by atoms with Crippen molar-refractivity contribution < 1.29 is 23.4 Å². The van der Waals surface area contributed by atoms with E-state index in [1.807, 2.05) is 4.90 Å². The monoisotopic (exact) mass is 373 g/mol. The van der Waals surface area contributed by atoms with Crippen molar-refractivity contribution in [1.82, 2.24) is 4.90 Å². The van der Waals surface area contributed by atoms with Crippen LogP contribution in [0.25, 0.3) is 0 Å². The molecule has 2 fully saturated rings. The summed E-state index contributed by atoms with van der Waals surface area (Å²) in [6.07, 6.45) is 2.36. The Morgan fingerprint density at radius 3 is 2.60 bits per heavy atom. The molecule has 0 bridgehead atoms. The maximum atomic E-state index is 12.3. The summed E-state index contributed by atoms with van der Waals surface area (Å²) in [7, 11) is -0.288. The molecule has 6 nitrogen and oxygen atoms in total. The first-order valence-electron chi connectivity index (χ1n) is 9.33. The number of hydrogen-bond acceptors (Lipinski definition) is 5. The van der Waals surface area contributed by atoms with E-state index in [1.165, 1.54) is 0 Å². The second kappa shape index (κ2) is 8.48. The lowest BCUT2D eigenvalue weighted by atomic mass is 10.00. The first-order valence-corrected chi connectivity index (χ1v) is 12.2. The molecule has 25 heavy (non-hydrogen) atoms. The van der Waals surface area contributed by atoms with E-state index in [-0.39, 0.29) is 36.0 Å². The molecule has 0 unspecified atom stereocenters. The van der Waals surface area contributed by atoms with Gasteiger partial charge < -0.3 is 23.5 Å². The highest BCUT2D eigenvalue weighted by atomic mass is 28.4. The highest BCUT2D eigenvalue weighted by Gasteiger charge is 2.50. The van der Waals surface area contributed by atoms with Crippen molar-refractivity contribution in [2.24, 2.45) is 0 Å². The predicted molar refractivity (Wildman–Crippen MR) is 99.0 cm³/mol. The van der Waals surface area contributed by atoms with Crippen molar-refractivity contribution >= 4 is 14.2 Å². The van der Waals surface area contributed by atoms with Gasteiger partial charge in [-0.3, -0.25) is 4.79 Å². The van der Waals surface area contributed by atoms with Gasteiger partial charge in [0.2, 0.25) is 5.91 Å². The van der Waals surface area contributed by atoms with Gasteiger partial charge in [-0.2, -0.15) is 0 Å². The zero-order valence-corrected chi connectivity index (χ0v) is 17.7. The predicted octanol–water partition coefficient (Wildman–Crippen LogP) is 2.78. The Morgan fingerprint density at radius 1 is 1.24 bits per heavy atom. The zero-order chi connectivity index (χ0) is 18.7. The third kappa shape index (κ3) is 5.04. The van der Waals surface area contributed by atoms with Gasteiger partial charge in [-0.25, -0.2) is 0 Å². The number of fused-ring (bicyclic) bond motifs is 1. The van der Waals surface area contributed by atoms with E-state index in [2.05, 4.69) is 33.9 Å². The van der Waals surface area contributed by atoms with E-state index < -0.39 is 8.32 Å². The van der Waals surface area contributed by atoms with Crippen LogP contribution < -0.4 is 0 Å². The minimum Gasteiger partial charge on any atom is -0.409 e. The van der Waals surface area contributed by atoms with Gasteiger partial charge in [0, 0.05) is 20.1 Å². The summed E-state index contributed by atoms with van der Waals surface area (Å²) in [6, 6.07) is 0.113. The van der Waals surface area contributed by atoms with Gasteiger partial charge in [0.05, 0.1) is 25.4 Å². The molecule has 0 radical (unpaired) electrons. The number of carbonyl (C=O) groups is 1. The van der Waals surface area contributed by atoms with Gasteiger partial charge in [-0.05, 0) is 31.0 Å². The average molecular weight is 374 g/mol. The lowest BCUT2D eigenvalue weighted by molar-refractivity contribution is -0.142. The number of carbonyl (C=O) groups excluding carboxylic acids is 1. The molecule has 1 amide bonds. The van der Waals surface area contributed by atoms with Crippen molar-refractivity contribution in [1.29, 1.82) is 0 Å². The highest BCUT2D eigenvalue weighted by molar-refractivity contribution is 6.74. The number of ether oxygens (including phenoxy) is 3. The fraction of sp³-hybridized carbons (Fsp3) is 0.944. The Labute approximate surface area is 153 Å². The van der Waals surface area contributed by atoms with E-state index in [9.17, 15) is 4.79 Å². The van der Waals surface area contributed by atoms with Crippen LogP contribution >= 0.6 is 0 Å². The largest absolute Gasteiger partial charge is 0.409 e. The molecule has 2 rings (SSSR count). The summed E-state index contributed by atoms with van der Waals surface area (Å²) in [5, 5.41) is 0.125. The van der Waals surface area contributed by atoms with Crippen molar-refractivity contribution in [3.8, 4) is 0 Å². The third-order valence-electron chi connectivity index (χ3n) is 5.76. The second-order valence-electron chi connectivity index (χ2n) is 8.57. The fourth-order valence-electron chi connectivity index (χ4n) is 3.28. The molecule has 2 saturated heterocycles. The SMILES string of the molecule is COCCOCO[C@@H]1[C@H]2CCCC(=O)N2C[C@H]1O[Si](C)(C)C(C)(C)C. The van der Waals surface area contributed by atoms with Crippen LogP contribution in [0.15, 0.2) is 0 Å². The smallest absolute Gasteiger partial charge is 0.222 e. The molecule has 3 atom stereocenters. The molecule has 0 saturated carbocycles. The lowest BCUT2D eigenvalue weighted by Crippen LogP contribution is -2.48. The van der Waals surface area contributed by atoms with Crippen LogP contribution in [0.3, 0.4) is 0 Å². The summed E-state index contributed by atoms with van der Waals surface area (Å²) in [5.74, 6) is 0.228. The Morgan fingerprint density at radius 2 is 1.96 bits per heavy atom. The van der Waals surface area contributed by atoms with Gasteiger partial charge in [-0.1, -0.05) is 20.8 Å². The summed E-state index contributed by atoms with van der Waals surface area (Å²) in [5.41, 5.74) is 0. The highest BCUT2D eigenvalue weighted by Crippen LogP contribution is 2.40. The summed E-state index contributed by atoms with van der Waals surface area (Å²) < 4.78 is 23.2. The Kier molecular flexibility index (Phi) is 7.07. The topological polar surface area (TPSA) is 57.2 Å². The Bertz CT molecular complexity index is 451. The quantitative estimate of drug-likeness (QED) is 0.372. The minimum atomic E-state index is -1.94. The van der Waals surface area contributed by atoms with E-state index in [0.717, 1.165) is 12.8 Å². The molecule has 7 heteroatoms. The van der Waals surface area contributed by atoms with Crippen molar-refractivity contribution in [3.05, 3.63) is 0 Å². The van der Waals surface area contributed by atoms with E-state index in [4.69, 9.17) is 18.6 Å². The van der Waals surface area contributed by atoms with Gasteiger partial charge in [0.15, 0.2) is 8.32 Å². The minimum absolute atomic E-state index is 0.0704. The Balaban J connectivity index is 2.04. The van der Waals surface area contributed by atoms with E-state index >= 15 is 0 Å². The Hall–Kier alpha value is -0.473. The van der Waals surface area contributed by atoms with Crippen molar-refractivity contribution in [2.75, 3.05) is 33.7 Å². The van der Waals surface area contributed by atoms with Crippen molar-refractivity contribution in [2.45, 2.75) is 76.4 Å². The molecule has 0 aliphatic carbocycles. The van der Waals surface area contributed by atoms with Crippen LogP contribution in [0.1, 0.15) is 40.0 Å². The van der Waals surface area contributed by atoms with E-state index in [1.54, 1.807) is 7.11 Å². The molecule has 0 aromatic carbocycles. The number of hydrogen-bond donors (Lipinski definition) is 0. The van der Waals surface area contributed by atoms with Crippen LogP contribution in [0.4, 0.5) is 0 Å². The normalized spacial score (nSPS) is 27.7. The standard InChI is InChI=1S/C18H35NO5Si/c1-18(2,3)25(5,6)24-15-12-19-14(8-7-9-16(19)20)17(15)23-13-22-11-10-21-4/h14-15,17H,7-13H2,1-6H3/t14-,15-,17-/m1/s1. The number of piperidine rings is 1. The second-order valence-corrected chi connectivity index (χ2v) is 13.3. The molecule has 2 aliphatic rings. The summed E-state index contributed by atoms with van der Waals surface area (Å²) in [4.78, 5) is 14.3. The van der Waals surface area contributed by atoms with Crippen LogP contribution in [0, 0.1) is 0 Å². The molecule has 2 aliphatic heterocycles. The van der Waals surface area contributed by atoms with Gasteiger partial charge in [-0.15, -0.1) is 0 Å². The molecule has 0 aromatic heterocycles. The molecular weight excluding hydrogens is 338 g/mol. The van der Waals surface area contributed by atoms with Crippen molar-refractivity contribution in [3.63, 3.8) is 0 Å². The summed E-state index contributed by atoms with van der Waals surface area (Å²) in [6.45, 7) is 13.1. The van der Waals surface area contributed by atoms with Crippen LogP contribution in [-0.2, 0) is 23.4 Å². The maximum Gasteiger partial charge on any atom is 0.222 e. The average Bonchev–Trinajstić information content (AvgIpc) is 2.84. The molecule has 0 aromatic rings. The van der Waals surface area contributed by atoms with Crippen LogP contribution in [-0.4, -0.2) is 71.0 Å².